The molecule has 3 aliphatic rings. The summed E-state index contributed by atoms with van der Waals surface area (Å²) in [6.07, 6.45) is 6.45. The number of aliphatic hydroxyl groups is 1. The van der Waals surface area contributed by atoms with Crippen LogP contribution < -0.4 is 0 Å². The predicted octanol–water partition coefficient (Wildman–Crippen LogP) is 6.08. The van der Waals surface area contributed by atoms with Crippen molar-refractivity contribution in [2.75, 3.05) is 6.61 Å². The molecule has 0 saturated heterocycles. The fourth-order valence-corrected chi connectivity index (χ4v) is 9.27. The summed E-state index contributed by atoms with van der Waals surface area (Å²) in [6, 6.07) is 0. The molecule has 0 amide bonds. The maximum atomic E-state index is 12.1. The minimum atomic E-state index is -1.11. The summed E-state index contributed by atoms with van der Waals surface area (Å²) in [7, 11) is 0. The molecule has 0 heterocycles. The summed E-state index contributed by atoms with van der Waals surface area (Å²) >= 11 is 0. The Morgan fingerprint density at radius 2 is 1.65 bits per heavy atom. The maximum absolute atomic E-state index is 12.1. The number of esters is 2. The van der Waals surface area contributed by atoms with Crippen molar-refractivity contribution in [2.24, 2.45) is 34.0 Å². The Morgan fingerprint density at radius 3 is 2.19 bits per heavy atom. The topological polar surface area (TPSA) is 147 Å². The Balaban J connectivity index is 2.10. The molecule has 242 valence electrons. The zero-order valence-electron chi connectivity index (χ0n) is 27.2. The van der Waals surface area contributed by atoms with Crippen molar-refractivity contribution < 1.29 is 44.0 Å². The summed E-state index contributed by atoms with van der Waals surface area (Å²) in [6.45, 7) is 14.6. The zero-order chi connectivity index (χ0) is 32.5. The molecule has 0 aromatic heterocycles. The van der Waals surface area contributed by atoms with Gasteiger partial charge in [0.15, 0.2) is 0 Å². The van der Waals surface area contributed by atoms with Gasteiger partial charge in [-0.05, 0) is 88.4 Å². The molecule has 0 spiro atoms. The van der Waals surface area contributed by atoms with E-state index in [2.05, 4.69) is 20.8 Å². The first-order valence-electron chi connectivity index (χ1n) is 15.7. The summed E-state index contributed by atoms with van der Waals surface area (Å²) in [5.74, 6) is -2.85. The van der Waals surface area contributed by atoms with Crippen molar-refractivity contribution in [3.63, 3.8) is 0 Å². The number of fused-ring (bicyclic) bond motifs is 2. The summed E-state index contributed by atoms with van der Waals surface area (Å²) in [5.41, 5.74) is 0.401. The van der Waals surface area contributed by atoms with Crippen LogP contribution in [0.4, 0.5) is 0 Å². The molecular weight excluding hydrogens is 552 g/mol. The Morgan fingerprint density at radius 1 is 1.00 bits per heavy atom. The lowest BCUT2D eigenvalue weighted by Gasteiger charge is -2.59. The van der Waals surface area contributed by atoms with Gasteiger partial charge in [0.1, 0.15) is 12.7 Å². The van der Waals surface area contributed by atoms with Gasteiger partial charge >= 0.3 is 23.9 Å². The van der Waals surface area contributed by atoms with E-state index in [1.54, 1.807) is 19.9 Å². The molecule has 7 atom stereocenters. The molecule has 9 nitrogen and oxygen atoms in total. The van der Waals surface area contributed by atoms with Gasteiger partial charge in [0.25, 0.3) is 0 Å². The van der Waals surface area contributed by atoms with Crippen LogP contribution >= 0.6 is 0 Å². The van der Waals surface area contributed by atoms with Crippen molar-refractivity contribution in [3.05, 3.63) is 22.8 Å². The Labute approximate surface area is 256 Å². The van der Waals surface area contributed by atoms with E-state index in [-0.39, 0.29) is 53.6 Å². The van der Waals surface area contributed by atoms with Crippen LogP contribution in [-0.2, 0) is 28.7 Å². The van der Waals surface area contributed by atoms with Gasteiger partial charge in [0.2, 0.25) is 0 Å². The predicted molar refractivity (Wildman–Crippen MR) is 161 cm³/mol. The fourth-order valence-electron chi connectivity index (χ4n) is 9.27. The number of carboxylic acids is 2. The van der Waals surface area contributed by atoms with Crippen molar-refractivity contribution in [2.45, 2.75) is 125 Å². The molecule has 0 bridgehead atoms. The van der Waals surface area contributed by atoms with Crippen molar-refractivity contribution in [3.8, 4) is 0 Å². The van der Waals surface area contributed by atoms with Gasteiger partial charge in [-0.25, -0.2) is 4.79 Å². The molecule has 1 fully saturated rings. The average Bonchev–Trinajstić information content (AvgIpc) is 3.18. The molecule has 0 aliphatic heterocycles. The first kappa shape index (κ1) is 34.8. The van der Waals surface area contributed by atoms with Crippen molar-refractivity contribution in [1.29, 1.82) is 0 Å². The third-order valence-corrected chi connectivity index (χ3v) is 11.6. The second-order valence-electron chi connectivity index (χ2n) is 14.4. The molecule has 43 heavy (non-hydrogen) atoms. The van der Waals surface area contributed by atoms with Crippen molar-refractivity contribution >= 4 is 23.9 Å². The van der Waals surface area contributed by atoms with Gasteiger partial charge < -0.3 is 24.8 Å². The van der Waals surface area contributed by atoms with Gasteiger partial charge in [0, 0.05) is 43.6 Å². The van der Waals surface area contributed by atoms with E-state index in [0.717, 1.165) is 31.3 Å². The zero-order valence-corrected chi connectivity index (χ0v) is 27.2. The van der Waals surface area contributed by atoms with Gasteiger partial charge in [-0.1, -0.05) is 38.0 Å². The molecule has 1 saturated carbocycles. The van der Waals surface area contributed by atoms with Gasteiger partial charge in [-0.15, -0.1) is 0 Å². The normalized spacial score (nSPS) is 32.3. The van der Waals surface area contributed by atoms with E-state index >= 15 is 0 Å². The molecule has 0 aromatic rings. The smallest absolute Gasteiger partial charge is 0.330 e. The standard InChI is InChI=1S/C34H52O9/c1-20(30(39)40)9-11-27(43-23(4)36)21(2)24-13-16-33(8)25-10-12-28(31(5,6)41)34(18-15-29(37)38,19-42-22(3)35)26(25)14-17-32(24,33)7/h9,21,24,27-28,41H,10-19H2,1-8H3,(H,37,38)(H,39,40)/t21-,24+,27-,28-,32+,33-,34-/m0/s1. The van der Waals surface area contributed by atoms with Crippen LogP contribution in [0.5, 0.6) is 0 Å². The van der Waals surface area contributed by atoms with Gasteiger partial charge in [-0.2, -0.15) is 0 Å². The Kier molecular flexibility index (Phi) is 10.3. The summed E-state index contributed by atoms with van der Waals surface area (Å²) < 4.78 is 11.5. The molecule has 9 heteroatoms. The van der Waals surface area contributed by atoms with E-state index in [9.17, 15) is 34.5 Å². The first-order valence-corrected chi connectivity index (χ1v) is 15.7. The highest BCUT2D eigenvalue weighted by atomic mass is 16.5. The lowest BCUT2D eigenvalue weighted by Crippen LogP contribution is -2.54. The largest absolute Gasteiger partial charge is 0.481 e. The molecule has 3 rings (SSSR count). The number of allylic oxidation sites excluding steroid dienone is 1. The summed E-state index contributed by atoms with van der Waals surface area (Å²) in [4.78, 5) is 47.5. The number of carbonyl (C=O) groups is 4. The second kappa shape index (κ2) is 12.7. The maximum Gasteiger partial charge on any atom is 0.330 e. The van der Waals surface area contributed by atoms with Crippen LogP contribution in [0.15, 0.2) is 22.8 Å². The Bertz CT molecular complexity index is 1160. The number of ether oxygens (including phenoxy) is 2. The minimum absolute atomic E-state index is 0.0266. The lowest BCUT2D eigenvalue weighted by atomic mass is 9.46. The van der Waals surface area contributed by atoms with Crippen LogP contribution in [0.3, 0.4) is 0 Å². The summed E-state index contributed by atoms with van der Waals surface area (Å²) in [5, 5.41) is 30.5. The monoisotopic (exact) mass is 604 g/mol. The quantitative estimate of drug-likeness (QED) is 0.137. The Hall–Kier alpha value is -2.68. The van der Waals surface area contributed by atoms with Gasteiger partial charge in [-0.3, -0.25) is 14.4 Å². The number of carboxylic acid groups (broad SMARTS) is 2. The fraction of sp³-hybridized carbons (Fsp3) is 0.765. The van der Waals surface area contributed by atoms with Crippen LogP contribution in [-0.4, -0.2) is 57.5 Å². The van der Waals surface area contributed by atoms with Crippen LogP contribution in [0.25, 0.3) is 0 Å². The van der Waals surface area contributed by atoms with E-state index in [1.165, 1.54) is 26.3 Å². The van der Waals surface area contributed by atoms with Crippen LogP contribution in [0.2, 0.25) is 0 Å². The van der Waals surface area contributed by atoms with Crippen LogP contribution in [0.1, 0.15) is 113 Å². The van der Waals surface area contributed by atoms with E-state index < -0.39 is 41.0 Å². The van der Waals surface area contributed by atoms with Gasteiger partial charge in [0.05, 0.1) is 5.60 Å². The SMILES string of the molecule is CC(=O)OC[C@@]1(CCC(=O)O)C2=C(CC[C@H]1C(C)(C)O)[C@]1(C)CC[C@H]([C@H](C)[C@H](CC=C(C)C(=O)O)OC(C)=O)[C@@]1(C)CC2. The average molecular weight is 605 g/mol. The lowest BCUT2D eigenvalue weighted by molar-refractivity contribution is -0.151. The third-order valence-electron chi connectivity index (χ3n) is 11.6. The highest BCUT2D eigenvalue weighted by Crippen LogP contribution is 2.71. The number of rotatable bonds is 12. The number of hydrogen-bond donors (Lipinski definition) is 3. The van der Waals surface area contributed by atoms with E-state index in [0.29, 0.717) is 19.3 Å². The van der Waals surface area contributed by atoms with Crippen LogP contribution in [0, 0.1) is 34.0 Å². The van der Waals surface area contributed by atoms with Crippen molar-refractivity contribution in [1.82, 2.24) is 0 Å². The number of hydrogen-bond acceptors (Lipinski definition) is 7. The third kappa shape index (κ3) is 6.71. The molecule has 0 unspecified atom stereocenters. The number of carbonyl (C=O) groups excluding carboxylic acids is 2. The molecular formula is C34H52O9. The van der Waals surface area contributed by atoms with E-state index in [1.807, 2.05) is 0 Å². The first-order chi connectivity index (χ1) is 19.8. The highest BCUT2D eigenvalue weighted by molar-refractivity contribution is 5.85. The molecule has 3 aliphatic carbocycles. The molecule has 3 N–H and O–H groups in total. The number of aliphatic carboxylic acids is 2. The second-order valence-corrected chi connectivity index (χ2v) is 14.4. The van der Waals surface area contributed by atoms with E-state index in [4.69, 9.17) is 9.47 Å². The molecule has 0 radical (unpaired) electrons. The highest BCUT2D eigenvalue weighted by Gasteiger charge is 2.63. The molecule has 0 aromatic carbocycles. The minimum Gasteiger partial charge on any atom is -0.481 e.